The van der Waals surface area contributed by atoms with E-state index < -0.39 is 0 Å². The van der Waals surface area contributed by atoms with Gasteiger partial charge in [-0.2, -0.15) is 0 Å². The molecule has 1 saturated heterocycles. The molecular weight excluding hydrogens is 276 g/mol. The lowest BCUT2D eigenvalue weighted by atomic mass is 9.94. The lowest BCUT2D eigenvalue weighted by Crippen LogP contribution is -2.34. The number of piperidine rings is 1. The first-order chi connectivity index (χ1) is 10.7. The van der Waals surface area contributed by atoms with Crippen LogP contribution in [0.1, 0.15) is 30.0 Å². The Morgan fingerprint density at radius 1 is 1.23 bits per heavy atom. The Bertz CT molecular complexity index is 583. The summed E-state index contributed by atoms with van der Waals surface area (Å²) in [6.07, 6.45) is 9.72. The molecule has 0 aromatic carbocycles. The van der Waals surface area contributed by atoms with Crippen molar-refractivity contribution in [2.24, 2.45) is 0 Å². The number of anilines is 1. The van der Waals surface area contributed by atoms with Gasteiger partial charge in [0, 0.05) is 63.0 Å². The van der Waals surface area contributed by atoms with Crippen molar-refractivity contribution < 1.29 is 0 Å². The van der Waals surface area contributed by atoms with Crippen LogP contribution < -0.4 is 4.90 Å². The van der Waals surface area contributed by atoms with Crippen LogP contribution in [0.4, 0.5) is 5.95 Å². The highest BCUT2D eigenvalue weighted by Gasteiger charge is 2.22. The third kappa shape index (κ3) is 3.57. The molecule has 22 heavy (non-hydrogen) atoms. The van der Waals surface area contributed by atoms with Crippen LogP contribution in [0.25, 0.3) is 0 Å². The molecule has 0 radical (unpaired) electrons. The van der Waals surface area contributed by atoms with E-state index in [1.54, 1.807) is 6.33 Å². The summed E-state index contributed by atoms with van der Waals surface area (Å²) in [5, 5.41) is 0. The van der Waals surface area contributed by atoms with Gasteiger partial charge < -0.3 is 4.90 Å². The van der Waals surface area contributed by atoms with Crippen molar-refractivity contribution in [3.05, 3.63) is 42.2 Å². The minimum absolute atomic E-state index is 0.499. The standard InChI is InChI=1S/C16H22N6/c1-21(2)16-18-8-13(9-19-16)10-22-7-3-4-14(11-22)15-5-6-17-12-20-15/h5-6,8-9,12,14H,3-4,7,10-11H2,1-2H3/t14-/m1/s1. The molecular formula is C16H22N6. The molecule has 0 spiro atoms. The van der Waals surface area contributed by atoms with E-state index in [0.29, 0.717) is 5.92 Å². The van der Waals surface area contributed by atoms with Gasteiger partial charge in [-0.1, -0.05) is 0 Å². The quantitative estimate of drug-likeness (QED) is 0.856. The first kappa shape index (κ1) is 14.8. The van der Waals surface area contributed by atoms with Crippen LogP contribution >= 0.6 is 0 Å². The number of rotatable bonds is 4. The molecule has 0 bridgehead atoms. The van der Waals surface area contributed by atoms with Crippen LogP contribution in [0.2, 0.25) is 0 Å². The Morgan fingerprint density at radius 2 is 2.05 bits per heavy atom. The van der Waals surface area contributed by atoms with Crippen molar-refractivity contribution >= 4 is 5.95 Å². The maximum absolute atomic E-state index is 4.41. The van der Waals surface area contributed by atoms with Crippen molar-refractivity contribution in [3.63, 3.8) is 0 Å². The predicted molar refractivity (Wildman–Crippen MR) is 85.6 cm³/mol. The molecule has 116 valence electrons. The van der Waals surface area contributed by atoms with E-state index in [9.17, 15) is 0 Å². The number of likely N-dealkylation sites (tertiary alicyclic amines) is 1. The fourth-order valence-electron chi connectivity index (χ4n) is 2.90. The molecule has 1 aliphatic heterocycles. The lowest BCUT2D eigenvalue weighted by molar-refractivity contribution is 0.198. The van der Waals surface area contributed by atoms with Gasteiger partial charge in [-0.25, -0.2) is 19.9 Å². The minimum atomic E-state index is 0.499. The van der Waals surface area contributed by atoms with Gasteiger partial charge in [0.1, 0.15) is 6.33 Å². The summed E-state index contributed by atoms with van der Waals surface area (Å²) in [6, 6.07) is 2.03. The summed E-state index contributed by atoms with van der Waals surface area (Å²) in [5.41, 5.74) is 2.31. The van der Waals surface area contributed by atoms with Crippen molar-refractivity contribution in [2.75, 3.05) is 32.1 Å². The van der Waals surface area contributed by atoms with Gasteiger partial charge >= 0.3 is 0 Å². The molecule has 1 atom stereocenters. The van der Waals surface area contributed by atoms with Gasteiger partial charge in [-0.05, 0) is 25.5 Å². The minimum Gasteiger partial charge on any atom is -0.347 e. The molecule has 6 heteroatoms. The number of nitrogens with zero attached hydrogens (tertiary/aromatic N) is 6. The monoisotopic (exact) mass is 298 g/mol. The van der Waals surface area contributed by atoms with Gasteiger partial charge in [0.15, 0.2) is 0 Å². The summed E-state index contributed by atoms with van der Waals surface area (Å²) in [5.74, 6) is 1.25. The lowest BCUT2D eigenvalue weighted by Gasteiger charge is -2.32. The largest absolute Gasteiger partial charge is 0.347 e. The second kappa shape index (κ2) is 6.79. The molecule has 1 aliphatic rings. The van der Waals surface area contributed by atoms with E-state index in [2.05, 4.69) is 24.8 Å². The number of hydrogen-bond acceptors (Lipinski definition) is 6. The fourth-order valence-corrected chi connectivity index (χ4v) is 2.90. The third-order valence-corrected chi connectivity index (χ3v) is 4.03. The summed E-state index contributed by atoms with van der Waals surface area (Å²) < 4.78 is 0. The molecule has 0 amide bonds. The molecule has 2 aromatic heterocycles. The number of aromatic nitrogens is 4. The Kier molecular flexibility index (Phi) is 4.58. The molecule has 0 unspecified atom stereocenters. The van der Waals surface area contributed by atoms with E-state index in [1.807, 2.05) is 43.7 Å². The molecule has 6 nitrogen and oxygen atoms in total. The average molecular weight is 298 g/mol. The molecule has 2 aromatic rings. The zero-order valence-electron chi connectivity index (χ0n) is 13.2. The van der Waals surface area contributed by atoms with Gasteiger partial charge in [-0.3, -0.25) is 4.90 Å². The predicted octanol–water partition coefficient (Wildman–Crippen LogP) is 1.71. The molecule has 1 fully saturated rings. The molecule has 0 N–H and O–H groups in total. The summed E-state index contributed by atoms with van der Waals surface area (Å²) >= 11 is 0. The first-order valence-electron chi connectivity index (χ1n) is 7.69. The number of hydrogen-bond donors (Lipinski definition) is 0. The van der Waals surface area contributed by atoms with Crippen molar-refractivity contribution in [1.29, 1.82) is 0 Å². The van der Waals surface area contributed by atoms with Crippen LogP contribution in [-0.4, -0.2) is 52.0 Å². The molecule has 0 saturated carbocycles. The van der Waals surface area contributed by atoms with Crippen LogP contribution in [0, 0.1) is 0 Å². The Hall–Kier alpha value is -2.08. The normalized spacial score (nSPS) is 19.1. The van der Waals surface area contributed by atoms with Crippen LogP contribution in [0.3, 0.4) is 0 Å². The fraction of sp³-hybridized carbons (Fsp3) is 0.500. The van der Waals surface area contributed by atoms with Crippen molar-refractivity contribution in [3.8, 4) is 0 Å². The smallest absolute Gasteiger partial charge is 0.224 e. The third-order valence-electron chi connectivity index (χ3n) is 4.03. The van der Waals surface area contributed by atoms with Gasteiger partial charge in [0.05, 0.1) is 0 Å². The highest BCUT2D eigenvalue weighted by Crippen LogP contribution is 2.25. The van der Waals surface area contributed by atoms with Crippen LogP contribution in [0.15, 0.2) is 31.0 Å². The average Bonchev–Trinajstić information content (AvgIpc) is 2.56. The zero-order valence-corrected chi connectivity index (χ0v) is 13.2. The second-order valence-corrected chi connectivity index (χ2v) is 5.99. The van der Waals surface area contributed by atoms with E-state index in [0.717, 1.165) is 36.8 Å². The van der Waals surface area contributed by atoms with Gasteiger partial charge in [0.25, 0.3) is 0 Å². The van der Waals surface area contributed by atoms with E-state index in [-0.39, 0.29) is 0 Å². The SMILES string of the molecule is CN(C)c1ncc(CN2CCC[C@@H](c3ccncn3)C2)cn1. The topological polar surface area (TPSA) is 58.0 Å². The summed E-state index contributed by atoms with van der Waals surface area (Å²) in [4.78, 5) is 21.6. The maximum Gasteiger partial charge on any atom is 0.224 e. The van der Waals surface area contributed by atoms with Gasteiger partial charge in [0.2, 0.25) is 5.95 Å². The Morgan fingerprint density at radius 3 is 2.73 bits per heavy atom. The van der Waals surface area contributed by atoms with Gasteiger partial charge in [-0.15, -0.1) is 0 Å². The van der Waals surface area contributed by atoms with Crippen molar-refractivity contribution in [1.82, 2.24) is 24.8 Å². The van der Waals surface area contributed by atoms with Crippen LogP contribution in [-0.2, 0) is 6.54 Å². The van der Waals surface area contributed by atoms with E-state index >= 15 is 0 Å². The highest BCUT2D eigenvalue weighted by atomic mass is 15.2. The second-order valence-electron chi connectivity index (χ2n) is 5.99. The first-order valence-corrected chi connectivity index (χ1v) is 7.69. The summed E-state index contributed by atoms with van der Waals surface area (Å²) in [6.45, 7) is 3.05. The van der Waals surface area contributed by atoms with E-state index in [4.69, 9.17) is 0 Å². The Labute approximate surface area is 131 Å². The molecule has 3 rings (SSSR count). The summed E-state index contributed by atoms with van der Waals surface area (Å²) in [7, 11) is 3.90. The maximum atomic E-state index is 4.41. The van der Waals surface area contributed by atoms with Crippen molar-refractivity contribution in [2.45, 2.75) is 25.3 Å². The molecule has 0 aliphatic carbocycles. The highest BCUT2D eigenvalue weighted by molar-refractivity contribution is 5.26. The molecule has 3 heterocycles. The van der Waals surface area contributed by atoms with Crippen LogP contribution in [0.5, 0.6) is 0 Å². The zero-order chi connectivity index (χ0) is 15.4. The van der Waals surface area contributed by atoms with E-state index in [1.165, 1.54) is 12.8 Å². The Balaban J connectivity index is 1.63.